The average molecular weight is 412 g/mol. The number of ether oxygens (including phenoxy) is 2. The number of carbonyl (C=O) groups is 1. The first-order valence-corrected chi connectivity index (χ1v) is 8.67. The van der Waals surface area contributed by atoms with Crippen molar-refractivity contribution in [3.8, 4) is 0 Å². The molecule has 28 heavy (non-hydrogen) atoms. The largest absolute Gasteiger partial charge is 0.394 e. The normalized spacial score (nSPS) is 46.9. The highest BCUT2D eigenvalue weighted by molar-refractivity contribution is 5.74. The van der Waals surface area contributed by atoms with Crippen molar-refractivity contribution in [2.24, 2.45) is 0 Å². The highest BCUT2D eigenvalue weighted by atomic mass is 16.7. The summed E-state index contributed by atoms with van der Waals surface area (Å²) in [5.74, 6) is 0. The van der Waals surface area contributed by atoms with Gasteiger partial charge in [-0.25, -0.2) is 4.79 Å². The minimum atomic E-state index is -1.86. The average Bonchev–Trinajstić information content (AvgIpc) is 2.66. The molecule has 2 unspecified atom stereocenters. The molecule has 0 spiro atoms. The summed E-state index contributed by atoms with van der Waals surface area (Å²) in [6.07, 6.45) is -17.1. The van der Waals surface area contributed by atoms with Gasteiger partial charge in [-0.1, -0.05) is 0 Å². The SMILES string of the molecule is CN(C)C(=O)N[C@H]1[C@@H](OC2[C@@H](O)[C@H](O)C(O)[C@@H](O)[C@H]2O)O[C@H](CO)[C@@H](O)[C@@H]1O. The second-order valence-electron chi connectivity index (χ2n) is 7.13. The van der Waals surface area contributed by atoms with Crippen molar-refractivity contribution in [2.45, 2.75) is 67.3 Å². The van der Waals surface area contributed by atoms with Crippen LogP contribution in [0.5, 0.6) is 0 Å². The van der Waals surface area contributed by atoms with Crippen LogP contribution in [0.25, 0.3) is 0 Å². The van der Waals surface area contributed by atoms with E-state index in [-0.39, 0.29) is 0 Å². The van der Waals surface area contributed by atoms with E-state index >= 15 is 0 Å². The Hall–Kier alpha value is -1.13. The van der Waals surface area contributed by atoms with Gasteiger partial charge in [0.2, 0.25) is 0 Å². The molecule has 11 atom stereocenters. The molecule has 164 valence electrons. The first-order valence-electron chi connectivity index (χ1n) is 8.67. The summed E-state index contributed by atoms with van der Waals surface area (Å²) in [5, 5.41) is 81.5. The molecule has 1 saturated heterocycles. The lowest BCUT2D eigenvalue weighted by Gasteiger charge is -2.47. The summed E-state index contributed by atoms with van der Waals surface area (Å²) in [7, 11) is 2.83. The molecule has 9 N–H and O–H groups in total. The summed E-state index contributed by atoms with van der Waals surface area (Å²) in [4.78, 5) is 13.1. The monoisotopic (exact) mass is 412 g/mol. The van der Waals surface area contributed by atoms with Crippen molar-refractivity contribution >= 4 is 6.03 Å². The minimum Gasteiger partial charge on any atom is -0.394 e. The molecule has 13 nitrogen and oxygen atoms in total. The molecule has 1 aliphatic heterocycles. The lowest BCUT2D eigenvalue weighted by atomic mass is 9.84. The van der Waals surface area contributed by atoms with E-state index in [0.29, 0.717) is 0 Å². The quantitative estimate of drug-likeness (QED) is 0.212. The lowest BCUT2D eigenvalue weighted by Crippen LogP contribution is -2.69. The molecular formula is C15H28N2O11. The van der Waals surface area contributed by atoms with E-state index in [1.54, 1.807) is 0 Å². The van der Waals surface area contributed by atoms with Gasteiger partial charge in [-0.2, -0.15) is 0 Å². The number of carbonyl (C=O) groups excluding carboxylic acids is 1. The van der Waals surface area contributed by atoms with Crippen molar-refractivity contribution in [1.82, 2.24) is 10.2 Å². The Bertz CT molecular complexity index is 522. The van der Waals surface area contributed by atoms with Gasteiger partial charge in [-0.05, 0) is 0 Å². The maximum atomic E-state index is 12.0. The van der Waals surface area contributed by atoms with Crippen LogP contribution >= 0.6 is 0 Å². The van der Waals surface area contributed by atoms with Crippen molar-refractivity contribution in [1.29, 1.82) is 0 Å². The van der Waals surface area contributed by atoms with Crippen LogP contribution in [-0.4, -0.2) is 140 Å². The Labute approximate surface area is 160 Å². The van der Waals surface area contributed by atoms with Gasteiger partial charge in [-0.15, -0.1) is 0 Å². The fourth-order valence-electron chi connectivity index (χ4n) is 3.14. The van der Waals surface area contributed by atoms with Crippen LogP contribution in [0.15, 0.2) is 0 Å². The molecule has 0 radical (unpaired) electrons. The zero-order valence-electron chi connectivity index (χ0n) is 15.3. The van der Waals surface area contributed by atoms with E-state index < -0.39 is 79.9 Å². The van der Waals surface area contributed by atoms with Crippen LogP contribution in [0, 0.1) is 0 Å². The Morgan fingerprint density at radius 1 is 0.893 bits per heavy atom. The van der Waals surface area contributed by atoms with Crippen LogP contribution in [0.2, 0.25) is 0 Å². The fourth-order valence-corrected chi connectivity index (χ4v) is 3.14. The third-order valence-corrected chi connectivity index (χ3v) is 4.94. The molecule has 2 aliphatic rings. The van der Waals surface area contributed by atoms with Crippen molar-refractivity contribution in [3.63, 3.8) is 0 Å². The van der Waals surface area contributed by atoms with E-state index in [9.17, 15) is 45.6 Å². The molecular weight excluding hydrogens is 384 g/mol. The molecule has 2 fully saturated rings. The third-order valence-electron chi connectivity index (χ3n) is 4.94. The number of aliphatic hydroxyl groups excluding tert-OH is 8. The molecule has 0 aromatic carbocycles. The van der Waals surface area contributed by atoms with E-state index in [1.807, 2.05) is 0 Å². The summed E-state index contributed by atoms with van der Waals surface area (Å²) in [6, 6.07) is -2.08. The molecule has 1 heterocycles. The van der Waals surface area contributed by atoms with Crippen molar-refractivity contribution in [2.75, 3.05) is 20.7 Å². The number of amides is 2. The van der Waals surface area contributed by atoms with E-state index in [4.69, 9.17) is 9.47 Å². The molecule has 0 bridgehead atoms. The maximum absolute atomic E-state index is 12.0. The zero-order chi connectivity index (χ0) is 21.3. The van der Waals surface area contributed by atoms with E-state index in [0.717, 1.165) is 4.90 Å². The van der Waals surface area contributed by atoms with E-state index in [2.05, 4.69) is 5.32 Å². The summed E-state index contributed by atoms with van der Waals surface area (Å²) in [6.45, 7) is -0.716. The number of hydrogen-bond donors (Lipinski definition) is 9. The highest BCUT2D eigenvalue weighted by Crippen LogP contribution is 2.29. The van der Waals surface area contributed by atoms with Crippen LogP contribution in [0.3, 0.4) is 0 Å². The number of hydrogen-bond acceptors (Lipinski definition) is 11. The molecule has 2 rings (SSSR count). The number of nitrogens with zero attached hydrogens (tertiary/aromatic N) is 1. The van der Waals surface area contributed by atoms with Gasteiger partial charge in [0.05, 0.1) is 6.61 Å². The highest BCUT2D eigenvalue weighted by Gasteiger charge is 2.53. The Morgan fingerprint density at radius 3 is 1.86 bits per heavy atom. The molecule has 13 heteroatoms. The maximum Gasteiger partial charge on any atom is 0.317 e. The first kappa shape index (κ1) is 23.2. The van der Waals surface area contributed by atoms with Gasteiger partial charge >= 0.3 is 6.03 Å². The van der Waals surface area contributed by atoms with Gasteiger partial charge in [0.25, 0.3) is 0 Å². The third kappa shape index (κ3) is 4.38. The standard InChI is InChI=1S/C15H28N2O11/c1-17(2)15(26)16-5-7(20)6(19)4(3-18)27-14(5)28-13-11(24)9(22)8(21)10(23)12(13)25/h4-14,18-25H,3H2,1-2H3,(H,16,26)/t4-,5-,6-,7-,8?,9-,10-,11-,12+,13?,14-/m1/s1. The van der Waals surface area contributed by atoms with Crippen LogP contribution in [-0.2, 0) is 9.47 Å². The zero-order valence-corrected chi connectivity index (χ0v) is 15.3. The van der Waals surface area contributed by atoms with Gasteiger partial charge in [-0.3, -0.25) is 0 Å². The molecule has 0 aromatic heterocycles. The molecule has 2 amide bonds. The second kappa shape index (κ2) is 9.13. The Kier molecular flexibility index (Phi) is 7.55. The van der Waals surface area contributed by atoms with Gasteiger partial charge in [0.15, 0.2) is 6.29 Å². The van der Waals surface area contributed by atoms with E-state index in [1.165, 1.54) is 14.1 Å². The fraction of sp³-hybridized carbons (Fsp3) is 0.933. The number of aliphatic hydroxyl groups is 8. The van der Waals surface area contributed by atoms with Gasteiger partial charge < -0.3 is 60.5 Å². The second-order valence-corrected chi connectivity index (χ2v) is 7.13. The topological polar surface area (TPSA) is 213 Å². The predicted octanol–water partition coefficient (Wildman–Crippen LogP) is -5.73. The predicted molar refractivity (Wildman–Crippen MR) is 88.7 cm³/mol. The van der Waals surface area contributed by atoms with Crippen LogP contribution < -0.4 is 5.32 Å². The van der Waals surface area contributed by atoms with Crippen molar-refractivity contribution < 1.29 is 55.1 Å². The Morgan fingerprint density at radius 2 is 1.39 bits per heavy atom. The number of rotatable bonds is 4. The van der Waals surface area contributed by atoms with Crippen molar-refractivity contribution in [3.05, 3.63) is 0 Å². The van der Waals surface area contributed by atoms with Crippen LogP contribution in [0.4, 0.5) is 4.79 Å². The number of nitrogens with one attached hydrogen (secondary N) is 1. The summed E-state index contributed by atoms with van der Waals surface area (Å²) < 4.78 is 10.8. The van der Waals surface area contributed by atoms with Gasteiger partial charge in [0.1, 0.15) is 61.0 Å². The number of urea groups is 1. The van der Waals surface area contributed by atoms with Crippen LogP contribution in [0.1, 0.15) is 0 Å². The smallest absolute Gasteiger partial charge is 0.317 e. The van der Waals surface area contributed by atoms with Gasteiger partial charge in [0, 0.05) is 14.1 Å². The molecule has 1 saturated carbocycles. The lowest BCUT2D eigenvalue weighted by molar-refractivity contribution is -0.319. The summed E-state index contributed by atoms with van der Waals surface area (Å²) >= 11 is 0. The summed E-state index contributed by atoms with van der Waals surface area (Å²) in [5.41, 5.74) is 0. The molecule has 1 aliphatic carbocycles. The Balaban J connectivity index is 2.25. The minimum absolute atomic E-state index is 0.684. The molecule has 0 aromatic rings. The first-order chi connectivity index (χ1) is 13.0.